The molecule has 0 aromatic rings. The fraction of sp³-hybridized carbons (Fsp3) is 1.00. The van der Waals surface area contributed by atoms with E-state index in [9.17, 15) is 0 Å². The normalized spacial score (nSPS) is 41.0. The predicted molar refractivity (Wildman–Crippen MR) is 52.1 cm³/mol. The summed E-state index contributed by atoms with van der Waals surface area (Å²) in [5.41, 5.74) is 0. The molecule has 0 heterocycles. The van der Waals surface area contributed by atoms with Crippen LogP contribution in [0.25, 0.3) is 0 Å². The zero-order valence-electron chi connectivity index (χ0n) is 8.34. The summed E-state index contributed by atoms with van der Waals surface area (Å²) in [6, 6.07) is 0.724. The van der Waals surface area contributed by atoms with Crippen molar-refractivity contribution in [1.29, 1.82) is 0 Å². The van der Waals surface area contributed by atoms with Gasteiger partial charge in [0.25, 0.3) is 0 Å². The first kappa shape index (κ1) is 8.55. The third-order valence-corrected chi connectivity index (χ3v) is 3.71. The van der Waals surface area contributed by atoms with E-state index in [1.807, 2.05) is 0 Å². The summed E-state index contributed by atoms with van der Waals surface area (Å²) >= 11 is 0. The van der Waals surface area contributed by atoms with Crippen molar-refractivity contribution < 1.29 is 0 Å². The van der Waals surface area contributed by atoms with E-state index < -0.39 is 0 Å². The van der Waals surface area contributed by atoms with Crippen LogP contribution in [0.1, 0.15) is 39.5 Å². The van der Waals surface area contributed by atoms with Gasteiger partial charge in [-0.15, -0.1) is 0 Å². The van der Waals surface area contributed by atoms with Crippen molar-refractivity contribution in [2.45, 2.75) is 45.6 Å². The second kappa shape index (κ2) is 3.37. The Hall–Kier alpha value is -0.0400. The number of rotatable bonds is 4. The topological polar surface area (TPSA) is 12.0 Å². The van der Waals surface area contributed by atoms with Gasteiger partial charge in [-0.3, -0.25) is 0 Å². The summed E-state index contributed by atoms with van der Waals surface area (Å²) in [5.74, 6) is 3.31. The highest BCUT2D eigenvalue weighted by molar-refractivity contribution is 4.96. The minimum Gasteiger partial charge on any atom is -0.314 e. The van der Waals surface area contributed by atoms with Crippen molar-refractivity contribution in [3.05, 3.63) is 0 Å². The summed E-state index contributed by atoms with van der Waals surface area (Å²) in [6.45, 7) is 5.82. The van der Waals surface area contributed by atoms with Crippen LogP contribution in [0.2, 0.25) is 0 Å². The van der Waals surface area contributed by atoms with Gasteiger partial charge in [-0.25, -0.2) is 0 Å². The van der Waals surface area contributed by atoms with Gasteiger partial charge >= 0.3 is 0 Å². The van der Waals surface area contributed by atoms with Gasteiger partial charge in [-0.1, -0.05) is 6.92 Å². The number of fused-ring (bicyclic) bond motifs is 1. The van der Waals surface area contributed by atoms with Gasteiger partial charge in [-0.2, -0.15) is 0 Å². The summed E-state index contributed by atoms with van der Waals surface area (Å²) in [4.78, 5) is 0. The highest BCUT2D eigenvalue weighted by Gasteiger charge is 2.45. The Bertz CT molecular complexity index is 145. The summed E-state index contributed by atoms with van der Waals surface area (Å²) in [7, 11) is 0. The van der Waals surface area contributed by atoms with E-state index in [2.05, 4.69) is 19.2 Å². The van der Waals surface area contributed by atoms with Crippen LogP contribution in [-0.2, 0) is 0 Å². The molecule has 2 fully saturated rings. The summed E-state index contributed by atoms with van der Waals surface area (Å²) in [6.07, 6.45) is 5.86. The lowest BCUT2D eigenvalue weighted by Gasteiger charge is -2.16. The molecule has 0 spiro atoms. The molecule has 12 heavy (non-hydrogen) atoms. The van der Waals surface area contributed by atoms with Crippen LogP contribution in [-0.4, -0.2) is 12.6 Å². The number of nitrogens with one attached hydrogen (secondary N) is 1. The zero-order chi connectivity index (χ0) is 8.55. The molecule has 1 N–H and O–H groups in total. The highest BCUT2D eigenvalue weighted by atomic mass is 14.9. The molecule has 2 aliphatic carbocycles. The van der Waals surface area contributed by atoms with Crippen LogP contribution < -0.4 is 5.32 Å². The fourth-order valence-corrected chi connectivity index (χ4v) is 2.52. The summed E-state index contributed by atoms with van der Waals surface area (Å²) in [5, 5.41) is 3.62. The SMILES string of the molecule is CCC(C)NCC1CC2CC2C1. The second-order valence-corrected chi connectivity index (χ2v) is 4.81. The molecular formula is C11H21N. The Morgan fingerprint density at radius 2 is 1.92 bits per heavy atom. The standard InChI is InChI=1S/C11H21N/c1-3-8(2)12-7-9-4-10-6-11(10)5-9/h8-12H,3-7H2,1-2H3. The maximum atomic E-state index is 3.62. The van der Waals surface area contributed by atoms with Crippen molar-refractivity contribution in [2.24, 2.45) is 17.8 Å². The largest absolute Gasteiger partial charge is 0.314 e. The second-order valence-electron chi connectivity index (χ2n) is 4.81. The molecule has 0 aromatic carbocycles. The van der Waals surface area contributed by atoms with Crippen LogP contribution in [0.5, 0.6) is 0 Å². The van der Waals surface area contributed by atoms with Crippen LogP contribution in [0.3, 0.4) is 0 Å². The van der Waals surface area contributed by atoms with Gasteiger partial charge in [0, 0.05) is 6.04 Å². The van der Waals surface area contributed by atoms with Crippen molar-refractivity contribution in [2.75, 3.05) is 6.54 Å². The van der Waals surface area contributed by atoms with E-state index in [-0.39, 0.29) is 0 Å². The third kappa shape index (κ3) is 1.82. The molecular weight excluding hydrogens is 146 g/mol. The van der Waals surface area contributed by atoms with E-state index in [0.29, 0.717) is 0 Å². The van der Waals surface area contributed by atoms with Gasteiger partial charge in [0.15, 0.2) is 0 Å². The van der Waals surface area contributed by atoms with Crippen LogP contribution >= 0.6 is 0 Å². The van der Waals surface area contributed by atoms with Crippen molar-refractivity contribution in [1.82, 2.24) is 5.32 Å². The minimum absolute atomic E-state index is 0.724. The summed E-state index contributed by atoms with van der Waals surface area (Å²) < 4.78 is 0. The molecule has 70 valence electrons. The minimum atomic E-state index is 0.724. The molecule has 1 heteroatoms. The number of hydrogen-bond donors (Lipinski definition) is 1. The first-order valence-electron chi connectivity index (χ1n) is 5.53. The molecule has 2 aliphatic rings. The molecule has 0 aliphatic heterocycles. The van der Waals surface area contributed by atoms with E-state index in [4.69, 9.17) is 0 Å². The lowest BCUT2D eigenvalue weighted by molar-refractivity contribution is 0.412. The maximum absolute atomic E-state index is 3.62. The predicted octanol–water partition coefficient (Wildman–Crippen LogP) is 2.42. The Balaban J connectivity index is 1.61. The monoisotopic (exact) mass is 167 g/mol. The van der Waals surface area contributed by atoms with Gasteiger partial charge < -0.3 is 5.32 Å². The lowest BCUT2D eigenvalue weighted by atomic mass is 10.0. The average molecular weight is 167 g/mol. The van der Waals surface area contributed by atoms with Gasteiger partial charge in [0.1, 0.15) is 0 Å². The molecule has 0 saturated heterocycles. The highest BCUT2D eigenvalue weighted by Crippen LogP contribution is 2.54. The maximum Gasteiger partial charge on any atom is 0.00362 e. The molecule has 0 bridgehead atoms. The average Bonchev–Trinajstić information content (AvgIpc) is 2.70. The Kier molecular flexibility index (Phi) is 2.40. The molecule has 2 saturated carbocycles. The molecule has 3 atom stereocenters. The molecule has 0 amide bonds. The first-order valence-corrected chi connectivity index (χ1v) is 5.53. The molecule has 0 aromatic heterocycles. The number of hydrogen-bond acceptors (Lipinski definition) is 1. The van der Waals surface area contributed by atoms with Crippen LogP contribution in [0.15, 0.2) is 0 Å². The molecule has 2 rings (SSSR count). The third-order valence-electron chi connectivity index (χ3n) is 3.71. The van der Waals surface area contributed by atoms with E-state index in [0.717, 1.165) is 23.8 Å². The Labute approximate surface area is 75.9 Å². The van der Waals surface area contributed by atoms with E-state index in [1.54, 1.807) is 6.42 Å². The van der Waals surface area contributed by atoms with Crippen molar-refractivity contribution >= 4 is 0 Å². The quantitative estimate of drug-likeness (QED) is 0.678. The fourth-order valence-electron chi connectivity index (χ4n) is 2.52. The van der Waals surface area contributed by atoms with Gasteiger partial charge in [0.05, 0.1) is 0 Å². The zero-order valence-corrected chi connectivity index (χ0v) is 8.34. The van der Waals surface area contributed by atoms with Crippen LogP contribution in [0, 0.1) is 17.8 Å². The Morgan fingerprint density at radius 3 is 2.50 bits per heavy atom. The first-order chi connectivity index (χ1) is 5.79. The van der Waals surface area contributed by atoms with E-state index in [1.165, 1.54) is 25.8 Å². The van der Waals surface area contributed by atoms with Crippen molar-refractivity contribution in [3.8, 4) is 0 Å². The van der Waals surface area contributed by atoms with Gasteiger partial charge in [0.2, 0.25) is 0 Å². The smallest absolute Gasteiger partial charge is 0.00362 e. The molecule has 0 radical (unpaired) electrons. The lowest BCUT2D eigenvalue weighted by Crippen LogP contribution is -2.30. The Morgan fingerprint density at radius 1 is 1.25 bits per heavy atom. The van der Waals surface area contributed by atoms with Gasteiger partial charge in [-0.05, 0) is 56.9 Å². The molecule has 3 unspecified atom stereocenters. The molecule has 1 nitrogen and oxygen atoms in total. The van der Waals surface area contributed by atoms with E-state index >= 15 is 0 Å². The van der Waals surface area contributed by atoms with Crippen LogP contribution in [0.4, 0.5) is 0 Å². The van der Waals surface area contributed by atoms with Crippen molar-refractivity contribution in [3.63, 3.8) is 0 Å².